The Hall–Kier alpha value is -1.29. The Morgan fingerprint density at radius 2 is 1.95 bits per heavy atom. The van der Waals surface area contributed by atoms with Crippen molar-refractivity contribution >= 4 is 23.2 Å². The molecule has 0 saturated carbocycles. The van der Waals surface area contributed by atoms with E-state index in [4.69, 9.17) is 27.9 Å². The van der Waals surface area contributed by atoms with Gasteiger partial charge in [0.2, 0.25) is 0 Å². The Balaban J connectivity index is 2.50. The summed E-state index contributed by atoms with van der Waals surface area (Å²) in [4.78, 5) is 0. The Morgan fingerprint density at radius 3 is 2.57 bits per heavy atom. The molecule has 0 aromatic heterocycles. The van der Waals surface area contributed by atoms with Crippen molar-refractivity contribution in [1.82, 2.24) is 5.32 Å². The summed E-state index contributed by atoms with van der Waals surface area (Å²) in [6, 6.07) is 10.1. The minimum atomic E-state index is -0.378. The average molecular weight is 328 g/mol. The van der Waals surface area contributed by atoms with Crippen LogP contribution in [-0.4, -0.2) is 13.7 Å². The second kappa shape index (κ2) is 7.12. The van der Waals surface area contributed by atoms with Crippen molar-refractivity contribution < 1.29 is 9.13 Å². The summed E-state index contributed by atoms with van der Waals surface area (Å²) in [7, 11) is 1.45. The molecule has 0 bridgehead atoms. The standard InChI is InChI=1S/C16H16Cl2FNO/c1-3-20-16(10-7-8-12(17)13(18)9-10)11-5-4-6-14(21-2)15(11)19/h4-9,16,20H,3H2,1-2H3. The zero-order chi connectivity index (χ0) is 15.4. The van der Waals surface area contributed by atoms with E-state index in [0.717, 1.165) is 5.56 Å². The summed E-state index contributed by atoms with van der Waals surface area (Å²) in [5.41, 5.74) is 1.35. The fourth-order valence-electron chi connectivity index (χ4n) is 2.21. The van der Waals surface area contributed by atoms with Gasteiger partial charge in [-0.25, -0.2) is 4.39 Å². The summed E-state index contributed by atoms with van der Waals surface area (Å²) >= 11 is 12.0. The van der Waals surface area contributed by atoms with Crippen LogP contribution >= 0.6 is 23.2 Å². The van der Waals surface area contributed by atoms with Crippen LogP contribution in [0.4, 0.5) is 4.39 Å². The maximum atomic E-state index is 14.5. The molecule has 2 aromatic rings. The normalized spacial score (nSPS) is 12.2. The molecule has 2 aromatic carbocycles. The highest BCUT2D eigenvalue weighted by molar-refractivity contribution is 6.42. The van der Waals surface area contributed by atoms with Gasteiger partial charge in [0.05, 0.1) is 23.2 Å². The smallest absolute Gasteiger partial charge is 0.170 e. The van der Waals surface area contributed by atoms with Gasteiger partial charge in [0.25, 0.3) is 0 Å². The third-order valence-corrected chi connectivity index (χ3v) is 3.95. The van der Waals surface area contributed by atoms with Crippen LogP contribution in [0.25, 0.3) is 0 Å². The highest BCUT2D eigenvalue weighted by Crippen LogP contribution is 2.32. The van der Waals surface area contributed by atoms with Crippen molar-refractivity contribution in [1.29, 1.82) is 0 Å². The SMILES string of the molecule is CCNC(c1ccc(Cl)c(Cl)c1)c1cccc(OC)c1F. The molecular formula is C16H16Cl2FNO. The minimum absolute atomic E-state index is 0.218. The van der Waals surface area contributed by atoms with E-state index in [2.05, 4.69) is 5.32 Å². The Morgan fingerprint density at radius 1 is 1.19 bits per heavy atom. The number of rotatable bonds is 5. The molecule has 5 heteroatoms. The number of methoxy groups -OCH3 is 1. The van der Waals surface area contributed by atoms with Gasteiger partial charge in [-0.2, -0.15) is 0 Å². The zero-order valence-electron chi connectivity index (χ0n) is 11.8. The minimum Gasteiger partial charge on any atom is -0.494 e. The lowest BCUT2D eigenvalue weighted by atomic mass is 9.98. The van der Waals surface area contributed by atoms with Gasteiger partial charge in [0.15, 0.2) is 11.6 Å². The van der Waals surface area contributed by atoms with E-state index in [1.165, 1.54) is 7.11 Å². The fraction of sp³-hybridized carbons (Fsp3) is 0.250. The van der Waals surface area contributed by atoms with Gasteiger partial charge in [-0.15, -0.1) is 0 Å². The summed E-state index contributed by atoms with van der Waals surface area (Å²) < 4.78 is 19.5. The monoisotopic (exact) mass is 327 g/mol. The van der Waals surface area contributed by atoms with Crippen molar-refractivity contribution in [3.8, 4) is 5.75 Å². The molecule has 1 atom stereocenters. The molecule has 2 rings (SSSR count). The van der Waals surface area contributed by atoms with E-state index in [9.17, 15) is 4.39 Å². The number of halogens is 3. The molecule has 21 heavy (non-hydrogen) atoms. The lowest BCUT2D eigenvalue weighted by molar-refractivity contribution is 0.382. The quantitative estimate of drug-likeness (QED) is 0.848. The maximum absolute atomic E-state index is 14.5. The van der Waals surface area contributed by atoms with Gasteiger partial charge in [-0.1, -0.05) is 48.3 Å². The number of hydrogen-bond donors (Lipinski definition) is 1. The Kier molecular flexibility index (Phi) is 5.45. The average Bonchev–Trinajstić information content (AvgIpc) is 2.48. The second-order valence-corrected chi connectivity index (χ2v) is 5.34. The van der Waals surface area contributed by atoms with E-state index < -0.39 is 0 Å². The van der Waals surface area contributed by atoms with Crippen LogP contribution in [0.2, 0.25) is 10.0 Å². The topological polar surface area (TPSA) is 21.3 Å². The predicted octanol–water partition coefficient (Wildman–Crippen LogP) is 4.84. The first-order chi connectivity index (χ1) is 10.1. The molecule has 0 fully saturated rings. The number of benzene rings is 2. The number of ether oxygens (including phenoxy) is 1. The van der Waals surface area contributed by atoms with Crippen LogP contribution in [0, 0.1) is 5.82 Å². The van der Waals surface area contributed by atoms with Crippen molar-refractivity contribution in [3.05, 3.63) is 63.4 Å². The zero-order valence-corrected chi connectivity index (χ0v) is 13.3. The molecular weight excluding hydrogens is 312 g/mol. The number of hydrogen-bond acceptors (Lipinski definition) is 2. The van der Waals surface area contributed by atoms with Crippen LogP contribution < -0.4 is 10.1 Å². The van der Waals surface area contributed by atoms with Crippen molar-refractivity contribution in [2.24, 2.45) is 0 Å². The van der Waals surface area contributed by atoms with Crippen molar-refractivity contribution in [2.45, 2.75) is 13.0 Å². The summed E-state index contributed by atoms with van der Waals surface area (Å²) in [6.07, 6.45) is 0. The lowest BCUT2D eigenvalue weighted by Gasteiger charge is -2.21. The van der Waals surface area contributed by atoms with Crippen molar-refractivity contribution in [2.75, 3.05) is 13.7 Å². The molecule has 0 aliphatic carbocycles. The van der Waals surface area contributed by atoms with Crippen molar-refractivity contribution in [3.63, 3.8) is 0 Å². The fourth-order valence-corrected chi connectivity index (χ4v) is 2.52. The Bertz CT molecular complexity index is 634. The highest BCUT2D eigenvalue weighted by atomic mass is 35.5. The molecule has 0 saturated heterocycles. The van der Waals surface area contributed by atoms with E-state index in [0.29, 0.717) is 22.2 Å². The largest absolute Gasteiger partial charge is 0.494 e. The molecule has 0 spiro atoms. The predicted molar refractivity (Wildman–Crippen MR) is 84.9 cm³/mol. The van der Waals surface area contributed by atoms with E-state index in [-0.39, 0.29) is 17.6 Å². The first-order valence-corrected chi connectivity index (χ1v) is 7.34. The first-order valence-electron chi connectivity index (χ1n) is 6.59. The maximum Gasteiger partial charge on any atom is 0.170 e. The van der Waals surface area contributed by atoms with Crippen LogP contribution in [0.5, 0.6) is 5.75 Å². The molecule has 0 heterocycles. The second-order valence-electron chi connectivity index (χ2n) is 4.53. The molecule has 0 radical (unpaired) electrons. The van der Waals surface area contributed by atoms with E-state index in [1.807, 2.05) is 13.0 Å². The Labute approximate surface area is 133 Å². The summed E-state index contributed by atoms with van der Waals surface area (Å²) in [6.45, 7) is 2.64. The number of nitrogens with one attached hydrogen (secondary N) is 1. The molecule has 112 valence electrons. The molecule has 0 amide bonds. The summed E-state index contributed by atoms with van der Waals surface area (Å²) in [5, 5.41) is 4.18. The van der Waals surface area contributed by atoms with Gasteiger partial charge < -0.3 is 10.1 Å². The van der Waals surface area contributed by atoms with Crippen LogP contribution in [-0.2, 0) is 0 Å². The third kappa shape index (κ3) is 3.49. The van der Waals surface area contributed by atoms with E-state index >= 15 is 0 Å². The van der Waals surface area contributed by atoms with E-state index in [1.54, 1.807) is 30.3 Å². The first kappa shape index (κ1) is 16.1. The summed E-state index contributed by atoms with van der Waals surface area (Å²) in [5.74, 6) is -0.160. The van der Waals surface area contributed by atoms with Gasteiger partial charge in [-0.05, 0) is 30.3 Å². The highest BCUT2D eigenvalue weighted by Gasteiger charge is 2.20. The van der Waals surface area contributed by atoms with Gasteiger partial charge in [-0.3, -0.25) is 0 Å². The van der Waals surface area contributed by atoms with Crippen LogP contribution in [0.3, 0.4) is 0 Å². The van der Waals surface area contributed by atoms with Crippen LogP contribution in [0.15, 0.2) is 36.4 Å². The molecule has 0 aliphatic rings. The third-order valence-electron chi connectivity index (χ3n) is 3.21. The molecule has 2 nitrogen and oxygen atoms in total. The van der Waals surface area contributed by atoms with Gasteiger partial charge in [0.1, 0.15) is 0 Å². The lowest BCUT2D eigenvalue weighted by Crippen LogP contribution is -2.23. The van der Waals surface area contributed by atoms with Crippen LogP contribution in [0.1, 0.15) is 24.1 Å². The molecule has 1 unspecified atom stereocenters. The molecule has 1 N–H and O–H groups in total. The van der Waals surface area contributed by atoms with Gasteiger partial charge >= 0.3 is 0 Å². The molecule has 0 aliphatic heterocycles. The van der Waals surface area contributed by atoms with Gasteiger partial charge in [0, 0.05) is 5.56 Å².